The first-order valence-corrected chi connectivity index (χ1v) is 25.5. The quantitative estimate of drug-likeness (QED) is 0.172. The minimum absolute atomic E-state index is 1.03. The summed E-state index contributed by atoms with van der Waals surface area (Å²) in [6, 6.07) is 63.5. The van der Waals surface area contributed by atoms with Crippen molar-refractivity contribution in [2.45, 2.75) is 11.5 Å². The fourth-order valence-electron chi connectivity index (χ4n) is 5.14. The van der Waals surface area contributed by atoms with Crippen LogP contribution in [-0.4, -0.2) is 43.5 Å². The van der Waals surface area contributed by atoms with Crippen LogP contribution in [0.3, 0.4) is 0 Å². The summed E-state index contributed by atoms with van der Waals surface area (Å²) in [6.45, 7) is 0. The third-order valence-corrected chi connectivity index (χ3v) is 27.9. The molecule has 0 N–H and O–H groups in total. The summed E-state index contributed by atoms with van der Waals surface area (Å²) in [6.07, 6.45) is 0. The van der Waals surface area contributed by atoms with Crippen LogP contribution in [-0.2, 0) is 11.5 Å². The van der Waals surface area contributed by atoms with Gasteiger partial charge in [0.1, 0.15) is 0 Å². The summed E-state index contributed by atoms with van der Waals surface area (Å²) in [4.78, 5) is 0. The van der Waals surface area contributed by atoms with Crippen molar-refractivity contribution in [2.75, 3.05) is 0 Å². The summed E-state index contributed by atoms with van der Waals surface area (Å²) in [5, 5.41) is 0. The van der Waals surface area contributed by atoms with Crippen molar-refractivity contribution >= 4 is 74.9 Å². The van der Waals surface area contributed by atoms with Crippen LogP contribution < -0.4 is 19.6 Å². The van der Waals surface area contributed by atoms with Crippen LogP contribution in [0.1, 0.15) is 11.1 Å². The Morgan fingerprint density at radius 1 is 0.317 bits per heavy atom. The van der Waals surface area contributed by atoms with E-state index in [0.717, 1.165) is 11.5 Å². The van der Waals surface area contributed by atoms with Crippen LogP contribution in [0.15, 0.2) is 170 Å². The van der Waals surface area contributed by atoms with Crippen LogP contribution in [0.5, 0.6) is 0 Å². The topological polar surface area (TPSA) is 0 Å². The third kappa shape index (κ3) is 7.09. The molecular weight excluding hydrogens is 906 g/mol. The van der Waals surface area contributed by atoms with Gasteiger partial charge in [-0.15, -0.1) is 0 Å². The first kappa shape index (κ1) is 28.6. The molecule has 0 radical (unpaired) electrons. The van der Waals surface area contributed by atoms with E-state index in [1.54, 1.807) is 19.6 Å². The summed E-state index contributed by atoms with van der Waals surface area (Å²) in [5.41, 5.74) is 3.01. The standard InChI is InChI=1S/C14H12S.4C6H5.2Bi/c1-3-7-13(8-4-1)11-15-12-14-9-5-2-6-10-14;4*1-2-4-6-5-3-1;;/h1-7,9H,11-12H2;4*1-5H;;. The van der Waals surface area contributed by atoms with E-state index in [0.29, 0.717) is 0 Å². The molecule has 0 aliphatic heterocycles. The van der Waals surface area contributed by atoms with Crippen LogP contribution >= 0.6 is 11.8 Å². The van der Waals surface area contributed by atoms with Gasteiger partial charge < -0.3 is 0 Å². The zero-order valence-corrected chi connectivity index (χ0v) is 30.7. The van der Waals surface area contributed by atoms with Gasteiger partial charge in [0.15, 0.2) is 0 Å². The van der Waals surface area contributed by atoms with Gasteiger partial charge in [-0.05, 0) is 0 Å². The predicted molar refractivity (Wildman–Crippen MR) is 183 cm³/mol. The fourth-order valence-corrected chi connectivity index (χ4v) is 26.3. The van der Waals surface area contributed by atoms with Gasteiger partial charge in [-0.25, -0.2) is 0 Å². The van der Waals surface area contributed by atoms with Crippen molar-refractivity contribution in [1.29, 1.82) is 0 Å². The third-order valence-electron chi connectivity index (χ3n) is 7.04. The zero-order chi connectivity index (χ0) is 27.7. The molecule has 0 fully saturated rings. The molecule has 0 bridgehead atoms. The summed E-state index contributed by atoms with van der Waals surface area (Å²) in [5.74, 6) is 2.07. The Kier molecular flexibility index (Phi) is 10.1. The molecule has 0 amide bonds. The van der Waals surface area contributed by atoms with E-state index in [1.165, 1.54) is 11.1 Å². The number of hydrogen-bond donors (Lipinski definition) is 0. The average Bonchev–Trinajstić information content (AvgIpc) is 3.05. The maximum atomic E-state index is 2.42. The molecule has 0 nitrogen and oxygen atoms in total. The molecule has 6 rings (SSSR count). The number of hydrogen-bond acceptors (Lipinski definition) is 1. The molecule has 0 spiro atoms. The Balaban J connectivity index is 1.29. The fraction of sp³-hybridized carbons (Fsp3) is 0.0526. The molecule has 0 aromatic heterocycles. The predicted octanol–water partition coefficient (Wildman–Crippen LogP) is 5.15. The second kappa shape index (κ2) is 14.6. The van der Waals surface area contributed by atoms with Crippen molar-refractivity contribution in [3.63, 3.8) is 0 Å². The van der Waals surface area contributed by atoms with Gasteiger partial charge in [0, 0.05) is 0 Å². The molecule has 6 aromatic carbocycles. The van der Waals surface area contributed by atoms with E-state index in [9.17, 15) is 0 Å². The minimum atomic E-state index is -2.41. The summed E-state index contributed by atoms with van der Waals surface area (Å²) in [7, 11) is 0. The Labute approximate surface area is 264 Å². The molecule has 0 saturated carbocycles. The Hall–Kier alpha value is -2.56. The van der Waals surface area contributed by atoms with Gasteiger partial charge in [-0.1, -0.05) is 0 Å². The maximum absolute atomic E-state index is 2.42. The Morgan fingerprint density at radius 3 is 0.902 bits per heavy atom. The first-order valence-electron chi connectivity index (χ1n) is 13.9. The normalized spacial score (nSPS) is 11.2. The zero-order valence-electron chi connectivity index (χ0n) is 22.9. The molecule has 0 atom stereocenters. The molecule has 0 saturated heterocycles. The van der Waals surface area contributed by atoms with Gasteiger partial charge in [0.2, 0.25) is 0 Å². The second-order valence-electron chi connectivity index (χ2n) is 9.76. The van der Waals surface area contributed by atoms with Gasteiger partial charge in [-0.2, -0.15) is 0 Å². The van der Waals surface area contributed by atoms with E-state index in [2.05, 4.69) is 182 Å². The molecule has 0 unspecified atom stereocenters. The van der Waals surface area contributed by atoms with Crippen molar-refractivity contribution in [3.8, 4) is 0 Å². The number of rotatable bonds is 10. The Morgan fingerprint density at radius 2 is 0.585 bits per heavy atom. The van der Waals surface area contributed by atoms with Crippen LogP contribution in [0.4, 0.5) is 0 Å². The van der Waals surface area contributed by atoms with Gasteiger partial charge in [-0.3, -0.25) is 0 Å². The monoisotopic (exact) mass is 938 g/mol. The second-order valence-corrected chi connectivity index (χ2v) is 27.7. The molecule has 6 aromatic rings. The van der Waals surface area contributed by atoms with E-state index >= 15 is 0 Å². The van der Waals surface area contributed by atoms with E-state index in [4.69, 9.17) is 0 Å². The number of thioether (sulfide) groups is 1. The van der Waals surface area contributed by atoms with E-state index < -0.39 is 43.5 Å². The van der Waals surface area contributed by atoms with Crippen molar-refractivity contribution < 1.29 is 0 Å². The molecular formula is C38H32Bi2S. The molecule has 200 valence electrons. The van der Waals surface area contributed by atoms with Crippen LogP contribution in [0, 0.1) is 0 Å². The SMILES string of the molecule is c1cc[c]([Bi]([c]2ccccc2)[c]2ccccc2CSCc2cccc[c]2[Bi]([c]2ccccc2)[c]2ccccc2)cc1. The summed E-state index contributed by atoms with van der Waals surface area (Å²) >= 11 is -2.76. The van der Waals surface area contributed by atoms with E-state index in [1.807, 2.05) is 0 Å². The van der Waals surface area contributed by atoms with Gasteiger partial charge in [0.25, 0.3) is 0 Å². The molecule has 0 heterocycles. The van der Waals surface area contributed by atoms with Crippen molar-refractivity contribution in [2.24, 2.45) is 0 Å². The molecule has 0 aliphatic carbocycles. The van der Waals surface area contributed by atoms with Crippen LogP contribution in [0.25, 0.3) is 0 Å². The Bertz CT molecular complexity index is 1450. The van der Waals surface area contributed by atoms with Crippen molar-refractivity contribution in [3.05, 3.63) is 181 Å². The number of benzene rings is 6. The average molecular weight is 939 g/mol. The molecule has 3 heteroatoms. The molecule has 41 heavy (non-hydrogen) atoms. The molecule has 0 aliphatic rings. The van der Waals surface area contributed by atoms with Gasteiger partial charge in [0.05, 0.1) is 0 Å². The summed E-state index contributed by atoms with van der Waals surface area (Å²) < 4.78 is 9.37. The van der Waals surface area contributed by atoms with Gasteiger partial charge >= 0.3 is 267 Å². The van der Waals surface area contributed by atoms with E-state index in [-0.39, 0.29) is 0 Å². The first-order chi connectivity index (χ1) is 20.4. The van der Waals surface area contributed by atoms with Crippen molar-refractivity contribution in [1.82, 2.24) is 0 Å². The van der Waals surface area contributed by atoms with Crippen LogP contribution in [0.2, 0.25) is 0 Å².